The van der Waals surface area contributed by atoms with E-state index in [0.29, 0.717) is 17.9 Å². The number of hydrogen-bond donors (Lipinski definition) is 1. The van der Waals surface area contributed by atoms with Crippen molar-refractivity contribution in [2.75, 3.05) is 5.75 Å². The smallest absolute Gasteiger partial charge is 0.230 e. The molecule has 1 amide bonds. The first kappa shape index (κ1) is 16.3. The molecule has 0 saturated heterocycles. The largest absolute Gasteiger partial charge is 0.351 e. The van der Waals surface area contributed by atoms with Crippen molar-refractivity contribution in [3.8, 4) is 0 Å². The number of amides is 1. The summed E-state index contributed by atoms with van der Waals surface area (Å²) in [6.45, 7) is 2.13. The van der Waals surface area contributed by atoms with Crippen LogP contribution in [0.25, 0.3) is 0 Å². The third kappa shape index (κ3) is 5.34. The van der Waals surface area contributed by atoms with Gasteiger partial charge in [-0.05, 0) is 36.2 Å². The lowest BCUT2D eigenvalue weighted by Crippen LogP contribution is -2.24. The van der Waals surface area contributed by atoms with Gasteiger partial charge in [0.15, 0.2) is 0 Å². The molecule has 1 N–H and O–H groups in total. The third-order valence-corrected chi connectivity index (χ3v) is 5.21. The van der Waals surface area contributed by atoms with Crippen LogP contribution in [0.4, 0.5) is 4.39 Å². The number of carbonyl (C=O) groups excluding carboxylic acids is 1. The number of thioether (sulfide) groups is 1. The van der Waals surface area contributed by atoms with E-state index in [1.165, 1.54) is 17.4 Å². The van der Waals surface area contributed by atoms with E-state index in [4.69, 9.17) is 11.6 Å². The fraction of sp³-hybridized carbons (Fsp3) is 0.267. The first-order valence-electron chi connectivity index (χ1n) is 6.38. The Hall–Kier alpha value is -1.04. The predicted octanol–water partition coefficient (Wildman–Crippen LogP) is 4.40. The molecule has 2 rings (SSSR count). The minimum Gasteiger partial charge on any atom is -0.351 e. The average Bonchev–Trinajstić information content (AvgIpc) is 2.86. The van der Waals surface area contributed by atoms with Crippen LogP contribution >= 0.6 is 34.7 Å². The Bertz CT molecular complexity index is 630. The third-order valence-electron chi connectivity index (χ3n) is 2.82. The van der Waals surface area contributed by atoms with E-state index in [1.54, 1.807) is 30.8 Å². The second kappa shape index (κ2) is 7.82. The lowest BCUT2D eigenvalue weighted by Gasteiger charge is -2.06. The van der Waals surface area contributed by atoms with E-state index in [1.807, 2.05) is 12.1 Å². The van der Waals surface area contributed by atoms with Crippen molar-refractivity contribution in [3.05, 3.63) is 56.5 Å². The molecule has 0 fully saturated rings. The van der Waals surface area contributed by atoms with Crippen molar-refractivity contribution >= 4 is 40.6 Å². The second-order valence-electron chi connectivity index (χ2n) is 4.56. The van der Waals surface area contributed by atoms with Gasteiger partial charge in [0.2, 0.25) is 5.91 Å². The zero-order valence-electron chi connectivity index (χ0n) is 11.5. The van der Waals surface area contributed by atoms with Crippen molar-refractivity contribution in [3.63, 3.8) is 0 Å². The van der Waals surface area contributed by atoms with Gasteiger partial charge in [-0.1, -0.05) is 23.7 Å². The Balaban J connectivity index is 1.70. The highest BCUT2D eigenvalue weighted by Crippen LogP contribution is 2.24. The second-order valence-corrected chi connectivity index (χ2v) is 7.34. The monoisotopic (exact) mass is 343 g/mol. The lowest BCUT2D eigenvalue weighted by molar-refractivity contribution is -0.118. The molecule has 0 bridgehead atoms. The Morgan fingerprint density at radius 1 is 1.38 bits per heavy atom. The molecule has 1 aromatic carbocycles. The number of hydrogen-bond acceptors (Lipinski definition) is 3. The molecule has 0 aliphatic rings. The van der Waals surface area contributed by atoms with Gasteiger partial charge in [0.05, 0.1) is 10.1 Å². The summed E-state index contributed by atoms with van der Waals surface area (Å²) in [6, 6.07) is 8.68. The molecule has 0 radical (unpaired) electrons. The fourth-order valence-electron chi connectivity index (χ4n) is 1.74. The summed E-state index contributed by atoms with van der Waals surface area (Å²) in [7, 11) is 0. The van der Waals surface area contributed by atoms with E-state index in [9.17, 15) is 9.18 Å². The number of carbonyl (C=O) groups is 1. The molecule has 0 unspecified atom stereocenters. The zero-order chi connectivity index (χ0) is 15.2. The molecular formula is C15H15ClFNOS2. The number of halogens is 2. The van der Waals surface area contributed by atoms with Crippen LogP contribution in [0.2, 0.25) is 4.34 Å². The quantitative estimate of drug-likeness (QED) is 0.842. The summed E-state index contributed by atoms with van der Waals surface area (Å²) in [4.78, 5) is 12.9. The number of rotatable bonds is 6. The summed E-state index contributed by atoms with van der Waals surface area (Å²) in [5.41, 5.74) is 1.49. The molecule has 0 aliphatic heterocycles. The van der Waals surface area contributed by atoms with Crippen molar-refractivity contribution in [2.45, 2.75) is 19.2 Å². The molecule has 0 atom stereocenters. The van der Waals surface area contributed by atoms with Gasteiger partial charge in [-0.2, -0.15) is 0 Å². The van der Waals surface area contributed by atoms with Crippen molar-refractivity contribution in [1.29, 1.82) is 0 Å². The topological polar surface area (TPSA) is 29.1 Å². The normalized spacial score (nSPS) is 10.6. The van der Waals surface area contributed by atoms with Crippen LogP contribution < -0.4 is 5.32 Å². The van der Waals surface area contributed by atoms with Crippen molar-refractivity contribution in [1.82, 2.24) is 5.32 Å². The summed E-state index contributed by atoms with van der Waals surface area (Å²) < 4.78 is 13.9. The number of aryl methyl sites for hydroxylation is 1. The Morgan fingerprint density at radius 3 is 2.86 bits per heavy atom. The summed E-state index contributed by atoms with van der Waals surface area (Å²) in [5, 5.41) is 2.83. The highest BCUT2D eigenvalue weighted by molar-refractivity contribution is 7.99. The molecule has 0 aliphatic carbocycles. The van der Waals surface area contributed by atoms with Gasteiger partial charge < -0.3 is 5.32 Å². The fourth-order valence-corrected chi connectivity index (χ4v) is 3.80. The minimum absolute atomic E-state index is 0.0235. The van der Waals surface area contributed by atoms with Crippen LogP contribution in [-0.2, 0) is 17.1 Å². The molecule has 2 nitrogen and oxygen atoms in total. The molecule has 6 heteroatoms. The number of thiophene rings is 1. The maximum absolute atomic E-state index is 13.1. The van der Waals surface area contributed by atoms with Gasteiger partial charge in [-0.15, -0.1) is 23.1 Å². The molecule has 112 valence electrons. The summed E-state index contributed by atoms with van der Waals surface area (Å²) in [6.07, 6.45) is 0. The predicted molar refractivity (Wildman–Crippen MR) is 88.5 cm³/mol. The first-order valence-corrected chi connectivity index (χ1v) is 8.73. The van der Waals surface area contributed by atoms with Gasteiger partial charge >= 0.3 is 0 Å². The van der Waals surface area contributed by atoms with Crippen molar-refractivity contribution < 1.29 is 9.18 Å². The van der Waals surface area contributed by atoms with E-state index in [2.05, 4.69) is 5.32 Å². The van der Waals surface area contributed by atoms with Crippen LogP contribution in [0.15, 0.2) is 30.3 Å². The Labute approximate surface area is 136 Å². The minimum atomic E-state index is -0.227. The average molecular weight is 344 g/mol. The van der Waals surface area contributed by atoms with E-state index < -0.39 is 0 Å². The molecule has 2 aromatic rings. The van der Waals surface area contributed by atoms with Crippen LogP contribution in [0, 0.1) is 12.7 Å². The SMILES string of the molecule is Cc1cc(CNC(=O)CSCc2ccc(Cl)s2)ccc1F. The standard InChI is InChI=1S/C15H15ClFNOS2/c1-10-6-11(2-4-13(10)17)7-18-15(19)9-20-8-12-3-5-14(16)21-12/h2-6H,7-9H2,1H3,(H,18,19). The summed E-state index contributed by atoms with van der Waals surface area (Å²) in [5.74, 6) is 0.927. The van der Waals surface area contributed by atoms with Gasteiger partial charge in [0.1, 0.15) is 5.82 Å². The molecule has 21 heavy (non-hydrogen) atoms. The van der Waals surface area contributed by atoms with E-state index >= 15 is 0 Å². The lowest BCUT2D eigenvalue weighted by atomic mass is 10.1. The first-order chi connectivity index (χ1) is 10.0. The molecule has 1 aromatic heterocycles. The Morgan fingerprint density at radius 2 is 2.19 bits per heavy atom. The van der Waals surface area contributed by atoms with E-state index in [-0.39, 0.29) is 11.7 Å². The van der Waals surface area contributed by atoms with Gasteiger partial charge in [0.25, 0.3) is 0 Å². The van der Waals surface area contributed by atoms with Gasteiger partial charge in [-0.25, -0.2) is 4.39 Å². The van der Waals surface area contributed by atoms with Crippen LogP contribution in [0.5, 0.6) is 0 Å². The molecular weight excluding hydrogens is 329 g/mol. The molecule has 0 saturated carbocycles. The number of nitrogens with one attached hydrogen (secondary N) is 1. The van der Waals surface area contributed by atoms with E-state index in [0.717, 1.165) is 20.5 Å². The molecule has 1 heterocycles. The van der Waals surface area contributed by atoms with Crippen LogP contribution in [-0.4, -0.2) is 11.7 Å². The summed E-state index contributed by atoms with van der Waals surface area (Å²) >= 11 is 8.92. The zero-order valence-corrected chi connectivity index (χ0v) is 13.9. The van der Waals surface area contributed by atoms with Crippen LogP contribution in [0.1, 0.15) is 16.0 Å². The molecule has 0 spiro atoms. The Kier molecular flexibility index (Phi) is 6.08. The number of benzene rings is 1. The van der Waals surface area contributed by atoms with Gasteiger partial charge in [-0.3, -0.25) is 4.79 Å². The highest BCUT2D eigenvalue weighted by Gasteiger charge is 2.05. The maximum Gasteiger partial charge on any atom is 0.230 e. The highest BCUT2D eigenvalue weighted by atomic mass is 35.5. The van der Waals surface area contributed by atoms with Crippen molar-refractivity contribution in [2.24, 2.45) is 0 Å². The van der Waals surface area contributed by atoms with Crippen LogP contribution in [0.3, 0.4) is 0 Å². The maximum atomic E-state index is 13.1. The van der Waals surface area contributed by atoms with Gasteiger partial charge in [0, 0.05) is 17.2 Å².